The Balaban J connectivity index is 1.87. The number of nitrogens with zero attached hydrogens (tertiary/aromatic N) is 1. The molecule has 1 atom stereocenters. The van der Waals surface area contributed by atoms with E-state index < -0.39 is 5.92 Å². The first-order valence-corrected chi connectivity index (χ1v) is 6.87. The van der Waals surface area contributed by atoms with Crippen LogP contribution in [-0.4, -0.2) is 21.6 Å². The largest absolute Gasteiger partial charge is 0.273 e. The summed E-state index contributed by atoms with van der Waals surface area (Å²) < 4.78 is 1.18. The molecule has 1 unspecified atom stereocenters. The van der Waals surface area contributed by atoms with Crippen molar-refractivity contribution in [2.45, 2.75) is 19.4 Å². The van der Waals surface area contributed by atoms with E-state index >= 15 is 0 Å². The first-order chi connectivity index (χ1) is 10.6. The second-order valence-electron chi connectivity index (χ2n) is 5.17. The van der Waals surface area contributed by atoms with Gasteiger partial charge in [-0.3, -0.25) is 35.1 Å². The molecule has 1 aromatic carbocycles. The normalized spacial score (nSPS) is 18.1. The molecule has 1 aromatic heterocycles. The van der Waals surface area contributed by atoms with Gasteiger partial charge in [0.25, 0.3) is 11.1 Å². The Labute approximate surface area is 124 Å². The average Bonchev–Trinajstić information content (AvgIpc) is 2.52. The molecule has 114 valence electrons. The summed E-state index contributed by atoms with van der Waals surface area (Å²) in [5.74, 6) is -1.09. The Morgan fingerprint density at radius 1 is 1.05 bits per heavy atom. The minimum absolute atomic E-state index is 0.0679. The van der Waals surface area contributed by atoms with Gasteiger partial charge in [-0.1, -0.05) is 12.1 Å². The van der Waals surface area contributed by atoms with Gasteiger partial charge in [-0.2, -0.15) is 0 Å². The van der Waals surface area contributed by atoms with E-state index in [1.165, 1.54) is 4.68 Å². The van der Waals surface area contributed by atoms with Crippen molar-refractivity contribution in [2.75, 3.05) is 0 Å². The number of aromatic amines is 1. The van der Waals surface area contributed by atoms with Gasteiger partial charge in [-0.15, -0.1) is 0 Å². The van der Waals surface area contributed by atoms with Crippen molar-refractivity contribution in [3.63, 3.8) is 0 Å². The van der Waals surface area contributed by atoms with Gasteiger partial charge in [0.2, 0.25) is 11.8 Å². The maximum atomic E-state index is 12.3. The summed E-state index contributed by atoms with van der Waals surface area (Å²) in [7, 11) is 0. The lowest BCUT2D eigenvalue weighted by Gasteiger charge is -2.22. The van der Waals surface area contributed by atoms with E-state index in [-0.39, 0.29) is 42.3 Å². The molecule has 2 heterocycles. The van der Waals surface area contributed by atoms with Crippen molar-refractivity contribution in [2.24, 2.45) is 5.92 Å². The molecule has 1 aliphatic rings. The molecule has 8 heteroatoms. The number of H-pyrrole nitrogens is 1. The lowest BCUT2D eigenvalue weighted by atomic mass is 9.99. The SMILES string of the molecule is O=C1CC(CCn2[nH]c(=O)c3ccccc3c2=O)C(=O)NN1. The monoisotopic (exact) mass is 302 g/mol. The first-order valence-electron chi connectivity index (χ1n) is 6.87. The summed E-state index contributed by atoms with van der Waals surface area (Å²) in [6.45, 7) is 0.157. The Hall–Kier alpha value is -2.90. The minimum atomic E-state index is -0.518. The summed E-state index contributed by atoms with van der Waals surface area (Å²) in [6, 6.07) is 6.54. The molecule has 1 saturated heterocycles. The second kappa shape index (κ2) is 5.47. The van der Waals surface area contributed by atoms with E-state index in [0.717, 1.165) is 0 Å². The number of rotatable bonds is 3. The quantitative estimate of drug-likeness (QED) is 0.692. The number of hydrazine groups is 1. The Bertz CT molecular complexity index is 867. The Kier molecular flexibility index (Phi) is 3.50. The summed E-state index contributed by atoms with van der Waals surface area (Å²) in [6.07, 6.45) is 0.353. The number of benzene rings is 1. The van der Waals surface area contributed by atoms with Crippen LogP contribution in [0.5, 0.6) is 0 Å². The van der Waals surface area contributed by atoms with Gasteiger partial charge in [-0.25, -0.2) is 4.68 Å². The number of fused-ring (bicyclic) bond motifs is 1. The molecular formula is C14H14N4O4. The maximum Gasteiger partial charge on any atom is 0.273 e. The highest BCUT2D eigenvalue weighted by molar-refractivity contribution is 5.90. The molecule has 0 saturated carbocycles. The maximum absolute atomic E-state index is 12.3. The zero-order chi connectivity index (χ0) is 15.7. The van der Waals surface area contributed by atoms with E-state index in [1.807, 2.05) is 0 Å². The molecule has 0 radical (unpaired) electrons. The molecule has 0 spiro atoms. The van der Waals surface area contributed by atoms with E-state index in [1.54, 1.807) is 24.3 Å². The molecule has 3 rings (SSSR count). The van der Waals surface area contributed by atoms with Gasteiger partial charge in [0.05, 0.1) is 16.7 Å². The highest BCUT2D eigenvalue weighted by Crippen LogP contribution is 2.12. The van der Waals surface area contributed by atoms with Crippen LogP contribution in [0.4, 0.5) is 0 Å². The number of carbonyl (C=O) groups is 2. The lowest BCUT2D eigenvalue weighted by Crippen LogP contribution is -2.51. The Morgan fingerprint density at radius 3 is 2.55 bits per heavy atom. The zero-order valence-corrected chi connectivity index (χ0v) is 11.6. The van der Waals surface area contributed by atoms with Crippen LogP contribution in [-0.2, 0) is 16.1 Å². The molecule has 8 nitrogen and oxygen atoms in total. The van der Waals surface area contributed by atoms with Gasteiger partial charge >= 0.3 is 0 Å². The van der Waals surface area contributed by atoms with Gasteiger partial charge < -0.3 is 0 Å². The smallest absolute Gasteiger partial charge is 0.273 e. The van der Waals surface area contributed by atoms with E-state index in [4.69, 9.17) is 0 Å². The molecule has 1 fully saturated rings. The topological polar surface area (TPSA) is 113 Å². The molecule has 0 aliphatic carbocycles. The molecule has 2 amide bonds. The fourth-order valence-corrected chi connectivity index (χ4v) is 2.52. The number of aromatic nitrogens is 2. The lowest BCUT2D eigenvalue weighted by molar-refractivity contribution is -0.138. The highest BCUT2D eigenvalue weighted by atomic mass is 16.2. The molecular weight excluding hydrogens is 288 g/mol. The summed E-state index contributed by atoms with van der Waals surface area (Å²) >= 11 is 0. The predicted octanol–water partition coefficient (Wildman–Crippen LogP) is -0.753. The summed E-state index contributed by atoms with van der Waals surface area (Å²) in [4.78, 5) is 47.2. The zero-order valence-electron chi connectivity index (χ0n) is 11.6. The fraction of sp³-hybridized carbons (Fsp3) is 0.286. The number of amides is 2. The van der Waals surface area contributed by atoms with Crippen LogP contribution >= 0.6 is 0 Å². The van der Waals surface area contributed by atoms with Crippen LogP contribution in [0, 0.1) is 5.92 Å². The summed E-state index contributed by atoms with van der Waals surface area (Å²) in [5.41, 5.74) is 3.83. The third-order valence-corrected chi connectivity index (χ3v) is 3.71. The number of carbonyl (C=O) groups excluding carboxylic acids is 2. The minimum Gasteiger partial charge on any atom is -0.273 e. The van der Waals surface area contributed by atoms with Gasteiger partial charge in [-0.05, 0) is 18.6 Å². The number of aryl methyl sites for hydroxylation is 1. The molecule has 1 aliphatic heterocycles. The molecule has 2 aromatic rings. The number of hydrogen-bond acceptors (Lipinski definition) is 4. The van der Waals surface area contributed by atoms with Crippen LogP contribution in [0.1, 0.15) is 12.8 Å². The van der Waals surface area contributed by atoms with E-state index in [2.05, 4.69) is 16.0 Å². The third-order valence-electron chi connectivity index (χ3n) is 3.71. The summed E-state index contributed by atoms with van der Waals surface area (Å²) in [5, 5.41) is 3.16. The van der Waals surface area contributed by atoms with Crippen LogP contribution < -0.4 is 22.0 Å². The van der Waals surface area contributed by atoms with Crippen molar-refractivity contribution in [1.82, 2.24) is 20.6 Å². The second-order valence-corrected chi connectivity index (χ2v) is 5.17. The van der Waals surface area contributed by atoms with Crippen LogP contribution in [0.3, 0.4) is 0 Å². The average molecular weight is 302 g/mol. The van der Waals surface area contributed by atoms with Crippen LogP contribution in [0.15, 0.2) is 33.9 Å². The van der Waals surface area contributed by atoms with Crippen LogP contribution in [0.2, 0.25) is 0 Å². The van der Waals surface area contributed by atoms with Crippen molar-refractivity contribution in [1.29, 1.82) is 0 Å². The van der Waals surface area contributed by atoms with Crippen molar-refractivity contribution >= 4 is 22.6 Å². The predicted molar refractivity (Wildman–Crippen MR) is 77.8 cm³/mol. The highest BCUT2D eigenvalue weighted by Gasteiger charge is 2.26. The van der Waals surface area contributed by atoms with Crippen molar-refractivity contribution in [3.8, 4) is 0 Å². The van der Waals surface area contributed by atoms with Crippen LogP contribution in [0.25, 0.3) is 10.8 Å². The molecule has 3 N–H and O–H groups in total. The van der Waals surface area contributed by atoms with Gasteiger partial charge in [0.15, 0.2) is 0 Å². The molecule has 0 bridgehead atoms. The van der Waals surface area contributed by atoms with Crippen molar-refractivity contribution in [3.05, 3.63) is 45.0 Å². The van der Waals surface area contributed by atoms with Crippen molar-refractivity contribution < 1.29 is 9.59 Å². The Morgan fingerprint density at radius 2 is 1.77 bits per heavy atom. The van der Waals surface area contributed by atoms with Gasteiger partial charge in [0.1, 0.15) is 0 Å². The van der Waals surface area contributed by atoms with E-state index in [0.29, 0.717) is 10.8 Å². The number of nitrogens with one attached hydrogen (secondary N) is 3. The third kappa shape index (κ3) is 2.50. The standard InChI is InChI=1S/C14H14N4O4/c19-11-7-8(12(20)16-15-11)5-6-18-14(22)10-4-2-1-3-9(10)13(21)17-18/h1-4,8H,5-7H2,(H,15,19)(H,16,20)(H,17,21). The molecule has 22 heavy (non-hydrogen) atoms. The fourth-order valence-electron chi connectivity index (χ4n) is 2.52. The number of hydrogen-bond donors (Lipinski definition) is 3. The van der Waals surface area contributed by atoms with E-state index in [9.17, 15) is 19.2 Å². The van der Waals surface area contributed by atoms with Gasteiger partial charge in [0, 0.05) is 13.0 Å². The first kappa shape index (κ1) is 14.1.